The summed E-state index contributed by atoms with van der Waals surface area (Å²) in [6.07, 6.45) is 4.94. The molecular weight excluding hydrogens is 335 g/mol. The van der Waals surface area contributed by atoms with Gasteiger partial charge in [-0.05, 0) is 31.0 Å². The largest absolute Gasteiger partial charge is 0.366 e. The van der Waals surface area contributed by atoms with E-state index in [0.717, 1.165) is 12.8 Å². The molecule has 0 fully saturated rings. The Labute approximate surface area is 150 Å². The van der Waals surface area contributed by atoms with Gasteiger partial charge >= 0.3 is 0 Å². The number of carbonyl (C=O) groups is 2. The van der Waals surface area contributed by atoms with Crippen LogP contribution in [0.4, 0.5) is 10.1 Å². The Hall–Kier alpha value is -2.96. The first kappa shape index (κ1) is 17.8. The Balaban J connectivity index is 2.04. The second-order valence-corrected chi connectivity index (χ2v) is 6.46. The Morgan fingerprint density at radius 2 is 2.12 bits per heavy atom. The van der Waals surface area contributed by atoms with E-state index in [-0.39, 0.29) is 11.8 Å². The lowest BCUT2D eigenvalue weighted by molar-refractivity contribution is -0.116. The summed E-state index contributed by atoms with van der Waals surface area (Å²) >= 11 is 0. The molecule has 0 spiro atoms. The molecule has 1 aliphatic heterocycles. The molecule has 1 aromatic heterocycles. The summed E-state index contributed by atoms with van der Waals surface area (Å²) in [5.41, 5.74) is 7.35. The van der Waals surface area contributed by atoms with Crippen molar-refractivity contribution < 1.29 is 14.0 Å². The maximum Gasteiger partial charge on any atom is 0.244 e. The number of hydrogen-bond acceptors (Lipinski definition) is 3. The standard InChI is InChI=1S/C19H21FN4O2/c1-11(18(21)26)13-5-3-2-4-6-17(25)23-15-9-12(20)7-8-14(15)16-10-22-19(13)24-16/h7-10,13H,1-6H2,(H2,21,26)(H,22,24)(H,23,25)/t13-/m0/s1. The van der Waals surface area contributed by atoms with E-state index in [1.54, 1.807) is 12.3 Å². The molecule has 2 heterocycles. The molecule has 2 amide bonds. The second kappa shape index (κ2) is 7.51. The molecule has 0 radical (unpaired) electrons. The smallest absolute Gasteiger partial charge is 0.244 e. The maximum atomic E-state index is 13.7. The molecular formula is C19H21FN4O2. The fourth-order valence-corrected chi connectivity index (χ4v) is 3.18. The molecule has 6 nitrogen and oxygen atoms in total. The minimum Gasteiger partial charge on any atom is -0.366 e. The van der Waals surface area contributed by atoms with Crippen molar-refractivity contribution in [3.8, 4) is 11.3 Å². The summed E-state index contributed by atoms with van der Waals surface area (Å²) in [4.78, 5) is 31.3. The molecule has 2 bridgehead atoms. The molecule has 0 aliphatic carbocycles. The molecule has 0 saturated heterocycles. The van der Waals surface area contributed by atoms with E-state index in [2.05, 4.69) is 21.9 Å². The van der Waals surface area contributed by atoms with Crippen LogP contribution in [0.2, 0.25) is 0 Å². The highest BCUT2D eigenvalue weighted by Gasteiger charge is 2.23. The lowest BCUT2D eigenvalue weighted by atomic mass is 9.92. The van der Waals surface area contributed by atoms with Gasteiger partial charge in [-0.25, -0.2) is 9.37 Å². The predicted molar refractivity (Wildman–Crippen MR) is 96.8 cm³/mol. The average molecular weight is 356 g/mol. The van der Waals surface area contributed by atoms with Gasteiger partial charge in [-0.1, -0.05) is 19.4 Å². The van der Waals surface area contributed by atoms with Crippen LogP contribution < -0.4 is 11.1 Å². The van der Waals surface area contributed by atoms with E-state index < -0.39 is 11.7 Å². The zero-order valence-corrected chi connectivity index (χ0v) is 14.3. The van der Waals surface area contributed by atoms with Gasteiger partial charge in [-0.15, -0.1) is 0 Å². The minimum atomic E-state index is -0.559. The van der Waals surface area contributed by atoms with E-state index in [4.69, 9.17) is 5.73 Å². The van der Waals surface area contributed by atoms with E-state index in [1.165, 1.54) is 12.1 Å². The van der Waals surface area contributed by atoms with Crippen LogP contribution in [0.15, 0.2) is 36.5 Å². The van der Waals surface area contributed by atoms with Crippen LogP contribution in [0.1, 0.15) is 43.8 Å². The number of aromatic nitrogens is 2. The third-order valence-corrected chi connectivity index (χ3v) is 4.61. The van der Waals surface area contributed by atoms with Crippen molar-refractivity contribution in [3.63, 3.8) is 0 Å². The van der Waals surface area contributed by atoms with Gasteiger partial charge in [-0.2, -0.15) is 0 Å². The van der Waals surface area contributed by atoms with Gasteiger partial charge in [0.1, 0.15) is 11.6 Å². The third-order valence-electron chi connectivity index (χ3n) is 4.61. The highest BCUT2D eigenvalue weighted by atomic mass is 19.1. The molecule has 1 aliphatic rings. The van der Waals surface area contributed by atoms with Crippen LogP contribution in [0.25, 0.3) is 11.3 Å². The molecule has 3 rings (SSSR count). The van der Waals surface area contributed by atoms with Gasteiger partial charge in [0.2, 0.25) is 11.8 Å². The van der Waals surface area contributed by atoms with E-state index in [1.807, 2.05) is 0 Å². The summed E-state index contributed by atoms with van der Waals surface area (Å²) in [7, 11) is 0. The number of nitrogens with zero attached hydrogens (tertiary/aromatic N) is 1. The number of nitrogens with one attached hydrogen (secondary N) is 2. The average Bonchev–Trinajstić information content (AvgIpc) is 3.06. The van der Waals surface area contributed by atoms with Gasteiger partial charge in [0.05, 0.1) is 17.6 Å². The Morgan fingerprint density at radius 1 is 1.31 bits per heavy atom. The first-order chi connectivity index (χ1) is 12.5. The number of rotatable bonds is 2. The normalized spacial score (nSPS) is 17.9. The number of primary amides is 1. The number of fused-ring (bicyclic) bond motifs is 4. The molecule has 1 atom stereocenters. The molecule has 1 aromatic carbocycles. The van der Waals surface area contributed by atoms with Crippen LogP contribution in [0, 0.1) is 5.82 Å². The van der Waals surface area contributed by atoms with Crippen molar-refractivity contribution in [1.29, 1.82) is 0 Å². The van der Waals surface area contributed by atoms with Crippen LogP contribution in [0.3, 0.4) is 0 Å². The first-order valence-corrected chi connectivity index (χ1v) is 8.59. The number of hydrogen-bond donors (Lipinski definition) is 3. The van der Waals surface area contributed by atoms with Crippen LogP contribution in [-0.2, 0) is 9.59 Å². The summed E-state index contributed by atoms with van der Waals surface area (Å²) in [6, 6.07) is 4.19. The van der Waals surface area contributed by atoms with E-state index in [0.29, 0.717) is 47.6 Å². The summed E-state index contributed by atoms with van der Waals surface area (Å²) in [5, 5.41) is 2.77. The number of nitrogens with two attached hydrogens (primary N) is 1. The van der Waals surface area contributed by atoms with Crippen molar-refractivity contribution in [3.05, 3.63) is 48.2 Å². The fourth-order valence-electron chi connectivity index (χ4n) is 3.18. The van der Waals surface area contributed by atoms with Crippen LogP contribution in [-0.4, -0.2) is 21.8 Å². The van der Waals surface area contributed by atoms with Crippen molar-refractivity contribution in [2.24, 2.45) is 5.73 Å². The third kappa shape index (κ3) is 3.82. The highest BCUT2D eigenvalue weighted by Crippen LogP contribution is 2.32. The number of anilines is 1. The van der Waals surface area contributed by atoms with Gasteiger partial charge in [-0.3, -0.25) is 9.59 Å². The lowest BCUT2D eigenvalue weighted by Crippen LogP contribution is -2.19. The monoisotopic (exact) mass is 356 g/mol. The topological polar surface area (TPSA) is 101 Å². The minimum absolute atomic E-state index is 0.158. The van der Waals surface area contributed by atoms with Crippen molar-refractivity contribution in [2.75, 3.05) is 5.32 Å². The van der Waals surface area contributed by atoms with Gasteiger partial charge in [0.15, 0.2) is 0 Å². The highest BCUT2D eigenvalue weighted by molar-refractivity contribution is 5.95. The summed E-state index contributed by atoms with van der Waals surface area (Å²) in [5.74, 6) is -0.877. The van der Waals surface area contributed by atoms with Crippen LogP contribution in [0.5, 0.6) is 0 Å². The molecule has 4 N–H and O–H groups in total. The van der Waals surface area contributed by atoms with Crippen molar-refractivity contribution >= 4 is 17.5 Å². The molecule has 0 unspecified atom stereocenters. The van der Waals surface area contributed by atoms with Gasteiger partial charge < -0.3 is 16.0 Å². The van der Waals surface area contributed by atoms with Crippen LogP contribution >= 0.6 is 0 Å². The SMILES string of the molecule is C=C(C(N)=O)[C@@H]1CCCCCC(=O)Nc2cc(F)ccc2-c2cnc1[nH]2. The number of benzene rings is 1. The summed E-state index contributed by atoms with van der Waals surface area (Å²) < 4.78 is 13.7. The number of amides is 2. The Morgan fingerprint density at radius 3 is 2.88 bits per heavy atom. The molecule has 0 saturated carbocycles. The molecule has 2 aromatic rings. The quantitative estimate of drug-likeness (QED) is 0.720. The lowest BCUT2D eigenvalue weighted by Gasteiger charge is -2.15. The zero-order chi connectivity index (χ0) is 18.7. The van der Waals surface area contributed by atoms with Gasteiger partial charge in [0, 0.05) is 23.5 Å². The van der Waals surface area contributed by atoms with Crippen molar-refractivity contribution in [2.45, 2.75) is 38.0 Å². The zero-order valence-electron chi connectivity index (χ0n) is 14.3. The van der Waals surface area contributed by atoms with Crippen molar-refractivity contribution in [1.82, 2.24) is 9.97 Å². The number of aromatic amines is 1. The maximum absolute atomic E-state index is 13.7. The predicted octanol–water partition coefficient (Wildman–Crippen LogP) is 3.24. The Bertz CT molecular complexity index is 859. The number of halogens is 1. The first-order valence-electron chi connectivity index (χ1n) is 8.59. The molecule has 136 valence electrons. The molecule has 26 heavy (non-hydrogen) atoms. The number of imidazole rings is 1. The molecule has 7 heteroatoms. The van der Waals surface area contributed by atoms with E-state index >= 15 is 0 Å². The van der Waals surface area contributed by atoms with E-state index in [9.17, 15) is 14.0 Å². The summed E-state index contributed by atoms with van der Waals surface area (Å²) in [6.45, 7) is 3.81. The number of carbonyl (C=O) groups excluding carboxylic acids is 2. The Kier molecular flexibility index (Phi) is 5.16. The number of H-pyrrole nitrogens is 1. The van der Waals surface area contributed by atoms with Gasteiger partial charge in [0.25, 0.3) is 0 Å². The second-order valence-electron chi connectivity index (χ2n) is 6.46. The fraction of sp³-hybridized carbons (Fsp3) is 0.316.